The fourth-order valence-corrected chi connectivity index (χ4v) is 2.60. The van der Waals surface area contributed by atoms with E-state index in [4.69, 9.17) is 5.73 Å². The third-order valence-electron chi connectivity index (χ3n) is 3.48. The number of hydrogen-bond acceptors (Lipinski definition) is 4. The molecule has 1 fully saturated rings. The summed E-state index contributed by atoms with van der Waals surface area (Å²) in [5, 5.41) is 12.3. The van der Waals surface area contributed by atoms with Gasteiger partial charge < -0.3 is 26.0 Å². The van der Waals surface area contributed by atoms with Crippen molar-refractivity contribution < 1.29 is 14.7 Å². The predicted octanol–water partition coefficient (Wildman–Crippen LogP) is -0.797. The molecule has 0 aromatic heterocycles. The van der Waals surface area contributed by atoms with E-state index in [0.717, 1.165) is 0 Å². The van der Waals surface area contributed by atoms with Crippen molar-refractivity contribution in [3.05, 3.63) is 0 Å². The monoisotopic (exact) mass is 286 g/mol. The third-order valence-corrected chi connectivity index (χ3v) is 3.48. The molecule has 3 unspecified atom stereocenters. The molecule has 3 atom stereocenters. The van der Waals surface area contributed by atoms with Crippen LogP contribution >= 0.6 is 0 Å². The van der Waals surface area contributed by atoms with Crippen molar-refractivity contribution in [2.24, 2.45) is 11.7 Å². The standard InChI is InChI=1S/C13H26N4O3/c1-8(2)11(15-13(14)20)12(19)17-7-10(18)5-9(17)6-16(3)4/h8-11,18H,5-7H2,1-4H3,(H3,14,15,20). The van der Waals surface area contributed by atoms with Crippen molar-refractivity contribution in [2.45, 2.75) is 38.5 Å². The van der Waals surface area contributed by atoms with Gasteiger partial charge in [0, 0.05) is 19.1 Å². The van der Waals surface area contributed by atoms with E-state index in [1.807, 2.05) is 32.8 Å². The maximum Gasteiger partial charge on any atom is 0.312 e. The van der Waals surface area contributed by atoms with Crippen molar-refractivity contribution in [2.75, 3.05) is 27.2 Å². The number of nitrogens with one attached hydrogen (secondary N) is 1. The maximum atomic E-state index is 12.6. The average Bonchev–Trinajstić information content (AvgIpc) is 2.64. The van der Waals surface area contributed by atoms with E-state index in [9.17, 15) is 14.7 Å². The first kappa shape index (κ1) is 16.7. The van der Waals surface area contributed by atoms with Gasteiger partial charge in [-0.25, -0.2) is 4.79 Å². The second kappa shape index (κ2) is 6.90. The zero-order valence-corrected chi connectivity index (χ0v) is 12.7. The highest BCUT2D eigenvalue weighted by Gasteiger charge is 2.38. The Morgan fingerprint density at radius 3 is 2.50 bits per heavy atom. The van der Waals surface area contributed by atoms with Crippen molar-refractivity contribution >= 4 is 11.9 Å². The lowest BCUT2D eigenvalue weighted by Gasteiger charge is -2.31. The number of amides is 3. The molecule has 0 aliphatic carbocycles. The fraction of sp³-hybridized carbons (Fsp3) is 0.846. The summed E-state index contributed by atoms with van der Waals surface area (Å²) in [6.45, 7) is 4.70. The molecule has 0 radical (unpaired) electrons. The number of carbonyl (C=O) groups is 2. The molecule has 7 heteroatoms. The van der Waals surface area contributed by atoms with Crippen molar-refractivity contribution in [3.8, 4) is 0 Å². The number of nitrogens with zero attached hydrogens (tertiary/aromatic N) is 2. The lowest BCUT2D eigenvalue weighted by atomic mass is 10.0. The van der Waals surface area contributed by atoms with Gasteiger partial charge in [0.05, 0.1) is 6.10 Å². The number of hydrogen-bond donors (Lipinski definition) is 3. The molecule has 1 rings (SSSR count). The molecule has 1 aliphatic rings. The maximum absolute atomic E-state index is 12.6. The fourth-order valence-electron chi connectivity index (χ4n) is 2.60. The van der Waals surface area contributed by atoms with E-state index in [1.54, 1.807) is 4.90 Å². The largest absolute Gasteiger partial charge is 0.391 e. The molecule has 0 bridgehead atoms. The Balaban J connectivity index is 2.82. The Hall–Kier alpha value is -1.34. The molecule has 0 spiro atoms. The number of carbonyl (C=O) groups excluding carboxylic acids is 2. The number of likely N-dealkylation sites (N-methyl/N-ethyl adjacent to an activating group) is 1. The summed E-state index contributed by atoms with van der Waals surface area (Å²) >= 11 is 0. The number of urea groups is 1. The van der Waals surface area contributed by atoms with Crippen LogP contribution in [0, 0.1) is 5.92 Å². The van der Waals surface area contributed by atoms with Crippen LogP contribution in [0.1, 0.15) is 20.3 Å². The van der Waals surface area contributed by atoms with Gasteiger partial charge in [0.15, 0.2) is 0 Å². The molecule has 1 saturated heterocycles. The summed E-state index contributed by atoms with van der Waals surface area (Å²) in [5.74, 6) is -0.241. The van der Waals surface area contributed by atoms with Crippen LogP contribution in [0.4, 0.5) is 4.79 Å². The minimum absolute atomic E-state index is 0.0385. The molecular formula is C13H26N4O3. The predicted molar refractivity (Wildman–Crippen MR) is 76.0 cm³/mol. The zero-order chi connectivity index (χ0) is 15.4. The van der Waals surface area contributed by atoms with Gasteiger partial charge in [-0.05, 0) is 26.4 Å². The van der Waals surface area contributed by atoms with E-state index < -0.39 is 18.2 Å². The Morgan fingerprint density at radius 2 is 2.05 bits per heavy atom. The molecule has 7 nitrogen and oxygen atoms in total. The van der Waals surface area contributed by atoms with Crippen LogP contribution in [0.25, 0.3) is 0 Å². The SMILES string of the molecule is CC(C)C(NC(N)=O)C(=O)N1CC(O)CC1CN(C)C. The normalized spacial score (nSPS) is 24.2. The molecule has 0 saturated carbocycles. The number of likely N-dealkylation sites (tertiary alicyclic amines) is 1. The van der Waals surface area contributed by atoms with Crippen molar-refractivity contribution in [1.29, 1.82) is 0 Å². The van der Waals surface area contributed by atoms with Gasteiger partial charge in [0.25, 0.3) is 0 Å². The number of aliphatic hydroxyl groups excluding tert-OH is 1. The molecule has 1 aliphatic heterocycles. The third kappa shape index (κ3) is 4.35. The molecule has 1 heterocycles. The lowest BCUT2D eigenvalue weighted by molar-refractivity contribution is -0.135. The van der Waals surface area contributed by atoms with E-state index in [0.29, 0.717) is 19.5 Å². The number of rotatable bonds is 5. The summed E-state index contributed by atoms with van der Waals surface area (Å²) in [4.78, 5) is 27.3. The first-order valence-electron chi connectivity index (χ1n) is 6.91. The minimum atomic E-state index is -0.707. The number of aliphatic hydroxyl groups is 1. The van der Waals surface area contributed by atoms with Crippen LogP contribution in [-0.2, 0) is 4.79 Å². The average molecular weight is 286 g/mol. The minimum Gasteiger partial charge on any atom is -0.391 e. The van der Waals surface area contributed by atoms with Crippen molar-refractivity contribution in [1.82, 2.24) is 15.1 Å². The Morgan fingerprint density at radius 1 is 1.45 bits per heavy atom. The van der Waals surface area contributed by atoms with Crippen LogP contribution < -0.4 is 11.1 Å². The van der Waals surface area contributed by atoms with Gasteiger partial charge in [0.1, 0.15) is 6.04 Å². The number of nitrogens with two attached hydrogens (primary N) is 1. The van der Waals surface area contributed by atoms with Crippen LogP contribution in [0.5, 0.6) is 0 Å². The summed E-state index contributed by atoms with van der Waals surface area (Å²) in [6, 6.07) is -1.40. The van der Waals surface area contributed by atoms with Gasteiger partial charge in [0.2, 0.25) is 5.91 Å². The summed E-state index contributed by atoms with van der Waals surface area (Å²) in [5.41, 5.74) is 5.13. The quantitative estimate of drug-likeness (QED) is 0.616. The van der Waals surface area contributed by atoms with Crippen LogP contribution in [0.2, 0.25) is 0 Å². The zero-order valence-electron chi connectivity index (χ0n) is 12.7. The first-order chi connectivity index (χ1) is 9.22. The summed E-state index contributed by atoms with van der Waals surface area (Å²) in [7, 11) is 3.85. The topological polar surface area (TPSA) is 98.9 Å². The smallest absolute Gasteiger partial charge is 0.312 e. The van der Waals surface area contributed by atoms with E-state index in [-0.39, 0.29) is 17.9 Å². The van der Waals surface area contributed by atoms with Gasteiger partial charge in [-0.1, -0.05) is 13.8 Å². The Bertz CT molecular complexity index is 360. The Labute approximate surface area is 120 Å². The highest BCUT2D eigenvalue weighted by Crippen LogP contribution is 2.21. The van der Waals surface area contributed by atoms with E-state index in [1.165, 1.54) is 0 Å². The lowest BCUT2D eigenvalue weighted by Crippen LogP contribution is -2.54. The highest BCUT2D eigenvalue weighted by atomic mass is 16.3. The summed E-state index contributed by atoms with van der Waals surface area (Å²) < 4.78 is 0. The van der Waals surface area contributed by atoms with E-state index in [2.05, 4.69) is 5.32 Å². The molecule has 3 amide bonds. The van der Waals surface area contributed by atoms with Crippen LogP contribution in [0.15, 0.2) is 0 Å². The van der Waals surface area contributed by atoms with E-state index >= 15 is 0 Å². The van der Waals surface area contributed by atoms with Gasteiger partial charge in [-0.3, -0.25) is 4.79 Å². The number of β-amino-alcohol motifs (C(OH)–C–C–N with tert-alkyl or cyclic N) is 1. The van der Waals surface area contributed by atoms with Crippen molar-refractivity contribution in [3.63, 3.8) is 0 Å². The van der Waals surface area contributed by atoms with Gasteiger partial charge in [-0.15, -0.1) is 0 Å². The molecule has 0 aromatic rings. The van der Waals surface area contributed by atoms with Crippen LogP contribution in [0.3, 0.4) is 0 Å². The van der Waals surface area contributed by atoms with Gasteiger partial charge >= 0.3 is 6.03 Å². The highest BCUT2D eigenvalue weighted by molar-refractivity contribution is 5.87. The van der Waals surface area contributed by atoms with Crippen LogP contribution in [-0.4, -0.2) is 72.2 Å². The molecule has 4 N–H and O–H groups in total. The number of primary amides is 1. The van der Waals surface area contributed by atoms with Gasteiger partial charge in [-0.2, -0.15) is 0 Å². The second-order valence-electron chi connectivity index (χ2n) is 6.03. The summed E-state index contributed by atoms with van der Waals surface area (Å²) in [6.07, 6.45) is 0.0518. The molecule has 116 valence electrons. The molecular weight excluding hydrogens is 260 g/mol. The second-order valence-corrected chi connectivity index (χ2v) is 6.03. The Kier molecular flexibility index (Phi) is 5.76. The molecule has 0 aromatic carbocycles. The first-order valence-corrected chi connectivity index (χ1v) is 6.91. The molecule has 20 heavy (non-hydrogen) atoms.